The van der Waals surface area contributed by atoms with Crippen molar-refractivity contribution in [3.05, 3.63) is 35.9 Å². The lowest BCUT2D eigenvalue weighted by Gasteiger charge is -2.07. The van der Waals surface area contributed by atoms with Gasteiger partial charge in [-0.05, 0) is 13.0 Å². The second-order valence-electron chi connectivity index (χ2n) is 3.84. The molecule has 2 heterocycles. The highest BCUT2D eigenvalue weighted by molar-refractivity contribution is 5.92. The summed E-state index contributed by atoms with van der Waals surface area (Å²) in [5.41, 5.74) is -0.0647. The van der Waals surface area contributed by atoms with Gasteiger partial charge in [0.25, 0.3) is 5.91 Å². The second-order valence-corrected chi connectivity index (χ2v) is 3.84. The Morgan fingerprint density at radius 2 is 2.30 bits per heavy atom. The Bertz CT molecular complexity index is 638. The quantitative estimate of drug-likeness (QED) is 0.840. The van der Waals surface area contributed by atoms with Crippen LogP contribution in [0.1, 0.15) is 16.1 Å². The van der Waals surface area contributed by atoms with Crippen LogP contribution in [0.2, 0.25) is 0 Å². The number of aryl methyl sites for hydroxylation is 1. The van der Waals surface area contributed by atoms with Gasteiger partial charge >= 0.3 is 5.97 Å². The second kappa shape index (κ2) is 5.83. The average Bonchev–Trinajstić information content (AvgIpc) is 2.82. The Kier molecular flexibility index (Phi) is 3.94. The summed E-state index contributed by atoms with van der Waals surface area (Å²) in [6.45, 7) is 1.33. The number of hydrogen-bond acceptors (Lipinski definition) is 6. The highest BCUT2D eigenvalue weighted by atomic mass is 16.5. The van der Waals surface area contributed by atoms with Gasteiger partial charge in [0.05, 0.1) is 6.20 Å². The lowest BCUT2D eigenvalue weighted by atomic mass is 10.2. The maximum atomic E-state index is 11.6. The molecule has 0 aromatic carbocycles. The molecule has 2 aromatic rings. The van der Waals surface area contributed by atoms with Gasteiger partial charge in [0.1, 0.15) is 11.3 Å². The standard InChI is InChI=1S/C12H11N3O5/c1-7-4-10(15-20-7)14-11(16)6-19-9-5-13-3-2-8(9)12(17)18/h2-5H,6H2,1H3,(H,17,18)(H,14,15,16). The Balaban J connectivity index is 1.95. The van der Waals surface area contributed by atoms with Crippen LogP contribution in [0.15, 0.2) is 29.0 Å². The molecule has 0 aliphatic rings. The molecular weight excluding hydrogens is 266 g/mol. The van der Waals surface area contributed by atoms with Crippen LogP contribution in [0.4, 0.5) is 5.82 Å². The number of aromatic nitrogens is 2. The van der Waals surface area contributed by atoms with Gasteiger partial charge in [-0.2, -0.15) is 0 Å². The van der Waals surface area contributed by atoms with E-state index in [0.717, 1.165) is 0 Å². The summed E-state index contributed by atoms with van der Waals surface area (Å²) in [7, 11) is 0. The van der Waals surface area contributed by atoms with E-state index in [9.17, 15) is 9.59 Å². The van der Waals surface area contributed by atoms with Gasteiger partial charge in [0.2, 0.25) is 0 Å². The van der Waals surface area contributed by atoms with Crippen molar-refractivity contribution in [2.24, 2.45) is 0 Å². The number of carbonyl (C=O) groups excluding carboxylic acids is 1. The van der Waals surface area contributed by atoms with Crippen LogP contribution in [0.3, 0.4) is 0 Å². The SMILES string of the molecule is Cc1cc(NC(=O)COc2cnccc2C(=O)O)no1. The van der Waals surface area contributed by atoms with Crippen molar-refractivity contribution >= 4 is 17.7 Å². The lowest BCUT2D eigenvalue weighted by molar-refractivity contribution is -0.118. The Hall–Kier alpha value is -2.90. The molecule has 2 aromatic heterocycles. The largest absolute Gasteiger partial charge is 0.481 e. The third kappa shape index (κ3) is 3.31. The van der Waals surface area contributed by atoms with E-state index in [0.29, 0.717) is 5.76 Å². The van der Waals surface area contributed by atoms with Gasteiger partial charge in [-0.1, -0.05) is 5.16 Å². The summed E-state index contributed by atoms with van der Waals surface area (Å²) < 4.78 is 9.91. The molecule has 0 saturated carbocycles. The number of pyridine rings is 1. The van der Waals surface area contributed by atoms with E-state index in [2.05, 4.69) is 15.5 Å². The fourth-order valence-corrected chi connectivity index (χ4v) is 1.42. The van der Waals surface area contributed by atoms with E-state index in [1.54, 1.807) is 13.0 Å². The minimum Gasteiger partial charge on any atom is -0.481 e. The molecule has 0 bridgehead atoms. The smallest absolute Gasteiger partial charge is 0.339 e. The first-order valence-corrected chi connectivity index (χ1v) is 5.59. The van der Waals surface area contributed by atoms with Crippen molar-refractivity contribution in [1.82, 2.24) is 10.1 Å². The summed E-state index contributed by atoms with van der Waals surface area (Å²) in [4.78, 5) is 26.3. The molecule has 0 aliphatic heterocycles. The van der Waals surface area contributed by atoms with Gasteiger partial charge in [-0.25, -0.2) is 4.79 Å². The molecule has 104 valence electrons. The van der Waals surface area contributed by atoms with Crippen LogP contribution >= 0.6 is 0 Å². The lowest BCUT2D eigenvalue weighted by Crippen LogP contribution is -2.21. The molecule has 0 spiro atoms. The summed E-state index contributed by atoms with van der Waals surface area (Å²) in [5, 5.41) is 15.0. The van der Waals surface area contributed by atoms with Crippen molar-refractivity contribution < 1.29 is 24.0 Å². The van der Waals surface area contributed by atoms with Crippen LogP contribution in [-0.2, 0) is 4.79 Å². The molecule has 2 rings (SSSR count). The molecule has 8 nitrogen and oxygen atoms in total. The van der Waals surface area contributed by atoms with E-state index in [1.807, 2.05) is 0 Å². The number of rotatable bonds is 5. The molecule has 2 N–H and O–H groups in total. The molecule has 8 heteroatoms. The number of carboxylic acid groups (broad SMARTS) is 1. The molecule has 0 radical (unpaired) electrons. The predicted octanol–water partition coefficient (Wildman–Crippen LogP) is 1.09. The fraction of sp³-hybridized carbons (Fsp3) is 0.167. The van der Waals surface area contributed by atoms with E-state index in [-0.39, 0.29) is 23.7 Å². The van der Waals surface area contributed by atoms with Gasteiger partial charge in [0.15, 0.2) is 18.2 Å². The number of anilines is 1. The highest BCUT2D eigenvalue weighted by Crippen LogP contribution is 2.16. The molecule has 0 saturated heterocycles. The van der Waals surface area contributed by atoms with Crippen LogP contribution < -0.4 is 10.1 Å². The van der Waals surface area contributed by atoms with E-state index in [4.69, 9.17) is 14.4 Å². The van der Waals surface area contributed by atoms with Crippen molar-refractivity contribution in [3.8, 4) is 5.75 Å². The summed E-state index contributed by atoms with van der Waals surface area (Å²) in [5.74, 6) is -0.803. The zero-order valence-corrected chi connectivity index (χ0v) is 10.5. The van der Waals surface area contributed by atoms with Crippen LogP contribution in [-0.4, -0.2) is 33.7 Å². The number of hydrogen-bond donors (Lipinski definition) is 2. The number of carbonyl (C=O) groups is 2. The minimum absolute atomic E-state index is 0.0199. The number of aromatic carboxylic acids is 1. The first-order chi connectivity index (χ1) is 9.56. The normalized spacial score (nSPS) is 10.1. The monoisotopic (exact) mass is 277 g/mol. The van der Waals surface area contributed by atoms with Crippen molar-refractivity contribution in [1.29, 1.82) is 0 Å². The van der Waals surface area contributed by atoms with Crippen molar-refractivity contribution in [2.75, 3.05) is 11.9 Å². The fourth-order valence-electron chi connectivity index (χ4n) is 1.42. The van der Waals surface area contributed by atoms with Gasteiger partial charge in [-0.15, -0.1) is 0 Å². The van der Waals surface area contributed by atoms with Gasteiger partial charge in [-0.3, -0.25) is 9.78 Å². The Morgan fingerprint density at radius 1 is 1.50 bits per heavy atom. The maximum Gasteiger partial charge on any atom is 0.339 e. The van der Waals surface area contributed by atoms with Gasteiger partial charge < -0.3 is 19.7 Å². The third-order valence-corrected chi connectivity index (χ3v) is 2.27. The zero-order valence-electron chi connectivity index (χ0n) is 10.5. The number of nitrogens with zero attached hydrogens (tertiary/aromatic N) is 2. The van der Waals surface area contributed by atoms with Crippen LogP contribution in [0.25, 0.3) is 0 Å². The average molecular weight is 277 g/mol. The maximum absolute atomic E-state index is 11.6. The molecule has 0 atom stereocenters. The number of carboxylic acids is 1. The molecular formula is C12H11N3O5. The van der Waals surface area contributed by atoms with Crippen LogP contribution in [0, 0.1) is 6.92 Å². The predicted molar refractivity (Wildman–Crippen MR) is 66.6 cm³/mol. The highest BCUT2D eigenvalue weighted by Gasteiger charge is 2.13. The molecule has 0 unspecified atom stereocenters. The van der Waals surface area contributed by atoms with E-state index < -0.39 is 11.9 Å². The first kappa shape index (κ1) is 13.5. The Morgan fingerprint density at radius 3 is 2.95 bits per heavy atom. The van der Waals surface area contributed by atoms with E-state index >= 15 is 0 Å². The molecule has 1 amide bonds. The third-order valence-electron chi connectivity index (χ3n) is 2.27. The number of amides is 1. The molecule has 0 fully saturated rings. The van der Waals surface area contributed by atoms with E-state index in [1.165, 1.54) is 18.5 Å². The van der Waals surface area contributed by atoms with Gasteiger partial charge in [0, 0.05) is 12.3 Å². The summed E-state index contributed by atoms with van der Waals surface area (Å²) in [6.07, 6.45) is 2.56. The first-order valence-electron chi connectivity index (χ1n) is 5.59. The summed E-state index contributed by atoms with van der Waals surface area (Å²) in [6, 6.07) is 2.83. The number of nitrogens with one attached hydrogen (secondary N) is 1. The molecule has 20 heavy (non-hydrogen) atoms. The van der Waals surface area contributed by atoms with Crippen molar-refractivity contribution in [2.45, 2.75) is 6.92 Å². The van der Waals surface area contributed by atoms with Crippen molar-refractivity contribution in [3.63, 3.8) is 0 Å². The molecule has 0 aliphatic carbocycles. The summed E-state index contributed by atoms with van der Waals surface area (Å²) >= 11 is 0. The Labute approximate surface area is 113 Å². The zero-order chi connectivity index (χ0) is 14.5. The minimum atomic E-state index is -1.16. The number of ether oxygens (including phenoxy) is 1. The topological polar surface area (TPSA) is 115 Å². The van der Waals surface area contributed by atoms with Crippen LogP contribution in [0.5, 0.6) is 5.75 Å².